The molecule has 4 heteroatoms. The highest BCUT2D eigenvalue weighted by Gasteiger charge is 2.32. The number of fused-ring (bicyclic) bond motifs is 5. The van der Waals surface area contributed by atoms with Crippen molar-refractivity contribution in [2.75, 3.05) is 14.2 Å². The molecule has 4 nitrogen and oxygen atoms in total. The van der Waals surface area contributed by atoms with Crippen LogP contribution in [0.5, 0.6) is 11.5 Å². The summed E-state index contributed by atoms with van der Waals surface area (Å²) in [6.07, 6.45) is 7.41. The predicted octanol–water partition coefficient (Wildman–Crippen LogP) is 6.80. The van der Waals surface area contributed by atoms with E-state index in [0.29, 0.717) is 30.3 Å². The van der Waals surface area contributed by atoms with E-state index >= 15 is 0 Å². The van der Waals surface area contributed by atoms with Gasteiger partial charge < -0.3 is 9.47 Å². The largest absolute Gasteiger partial charge is 0.497 e. The topological polar surface area (TPSA) is 52.6 Å². The van der Waals surface area contributed by atoms with Gasteiger partial charge in [-0.2, -0.15) is 0 Å². The molecule has 2 unspecified atom stereocenters. The Kier molecular flexibility index (Phi) is 6.87. The van der Waals surface area contributed by atoms with E-state index in [1.54, 1.807) is 14.2 Å². The van der Waals surface area contributed by atoms with E-state index in [-0.39, 0.29) is 5.92 Å². The van der Waals surface area contributed by atoms with Crippen molar-refractivity contribution in [3.8, 4) is 11.5 Å². The molecule has 2 atom stereocenters. The second kappa shape index (κ2) is 10.1. The molecule has 0 fully saturated rings. The van der Waals surface area contributed by atoms with E-state index in [9.17, 15) is 9.59 Å². The summed E-state index contributed by atoms with van der Waals surface area (Å²) < 4.78 is 10.6. The molecule has 2 aromatic carbocycles. The minimum Gasteiger partial charge on any atom is -0.497 e. The van der Waals surface area contributed by atoms with E-state index in [0.717, 1.165) is 55.6 Å². The lowest BCUT2D eigenvalue weighted by molar-refractivity contribution is -0.121. The number of hydrogen-bond donors (Lipinski definition) is 0. The van der Waals surface area contributed by atoms with Crippen molar-refractivity contribution in [2.45, 2.75) is 71.1 Å². The molecule has 0 bridgehead atoms. The number of ether oxygens (including phenoxy) is 2. The van der Waals surface area contributed by atoms with Crippen molar-refractivity contribution >= 4 is 17.1 Å². The maximum atomic E-state index is 11.8. The summed E-state index contributed by atoms with van der Waals surface area (Å²) in [5.74, 6) is 3.22. The molecular formula is C32H36O4. The van der Waals surface area contributed by atoms with Crippen LogP contribution in [-0.4, -0.2) is 25.8 Å². The van der Waals surface area contributed by atoms with E-state index in [1.165, 1.54) is 39.0 Å². The number of Topliss-reactive ketones (excluding diaryl/α,β-unsaturated/α-hetero) is 2. The summed E-state index contributed by atoms with van der Waals surface area (Å²) in [6.45, 7) is 4.06. The number of hydrogen-bond acceptors (Lipinski definition) is 4. The van der Waals surface area contributed by atoms with Gasteiger partial charge in [-0.3, -0.25) is 9.59 Å². The molecule has 188 valence electrons. The molecule has 4 aliphatic rings. The van der Waals surface area contributed by atoms with Gasteiger partial charge in [0.05, 0.1) is 14.2 Å². The predicted molar refractivity (Wildman–Crippen MR) is 143 cm³/mol. The number of carbonyl (C=O) groups is 2. The van der Waals surface area contributed by atoms with Crippen molar-refractivity contribution < 1.29 is 19.1 Å². The van der Waals surface area contributed by atoms with Gasteiger partial charge in [-0.15, -0.1) is 0 Å². The number of rotatable bonds is 2. The van der Waals surface area contributed by atoms with Crippen LogP contribution in [0.2, 0.25) is 0 Å². The third kappa shape index (κ3) is 4.42. The summed E-state index contributed by atoms with van der Waals surface area (Å²) in [6, 6.07) is 12.7. The average Bonchev–Trinajstić information content (AvgIpc) is 2.92. The van der Waals surface area contributed by atoms with Gasteiger partial charge in [0.15, 0.2) is 5.78 Å². The molecule has 4 aliphatic carbocycles. The van der Waals surface area contributed by atoms with Crippen molar-refractivity contribution in [3.05, 3.63) is 75.4 Å². The fourth-order valence-corrected chi connectivity index (χ4v) is 6.54. The Bertz CT molecular complexity index is 1280. The monoisotopic (exact) mass is 484 g/mol. The molecule has 0 amide bonds. The second-order valence-electron chi connectivity index (χ2n) is 10.4. The Labute approximate surface area is 214 Å². The SMILES string of the molecule is COc1ccc2c(c1)CCC1=C(C)C(=O)CCC12.COc1ccc2c(c1)CCC1=C2CCC(=O)C1C. The number of methoxy groups -OCH3 is 2. The highest BCUT2D eigenvalue weighted by Crippen LogP contribution is 2.44. The Balaban J connectivity index is 0.000000148. The number of ketones is 2. The smallest absolute Gasteiger partial charge is 0.158 e. The van der Waals surface area contributed by atoms with Gasteiger partial charge in [0.25, 0.3) is 0 Å². The fraction of sp³-hybridized carbons (Fsp3) is 0.438. The van der Waals surface area contributed by atoms with Crippen LogP contribution in [0, 0.1) is 5.92 Å². The third-order valence-corrected chi connectivity index (χ3v) is 8.69. The molecule has 0 N–H and O–H groups in total. The first-order valence-corrected chi connectivity index (χ1v) is 13.2. The second-order valence-corrected chi connectivity index (χ2v) is 10.4. The van der Waals surface area contributed by atoms with Crippen molar-refractivity contribution in [2.24, 2.45) is 5.92 Å². The first-order valence-electron chi connectivity index (χ1n) is 13.2. The normalized spacial score (nSPS) is 22.6. The third-order valence-electron chi connectivity index (χ3n) is 8.69. The maximum absolute atomic E-state index is 11.8. The quantitative estimate of drug-likeness (QED) is 0.470. The fourth-order valence-electron chi connectivity index (χ4n) is 6.54. The molecule has 0 saturated carbocycles. The Morgan fingerprint density at radius 1 is 0.750 bits per heavy atom. The highest BCUT2D eigenvalue weighted by atomic mass is 16.5. The molecule has 0 aliphatic heterocycles. The number of carbonyl (C=O) groups excluding carboxylic acids is 2. The summed E-state index contributed by atoms with van der Waals surface area (Å²) in [5.41, 5.74) is 10.7. The van der Waals surface area contributed by atoms with Crippen LogP contribution in [0.15, 0.2) is 53.1 Å². The standard InChI is InChI=1S/2C16H18O2/c2*1-10-13-5-3-11-9-12(18-2)4-6-14(11)15(13)7-8-16(10)17/h4,6,9,15H,3,5,7-8H2,1-2H3;4,6,9-10H,3,5,7-8H2,1-2H3. The Morgan fingerprint density at radius 2 is 1.42 bits per heavy atom. The Morgan fingerprint density at radius 3 is 2.17 bits per heavy atom. The van der Waals surface area contributed by atoms with E-state index in [2.05, 4.69) is 31.2 Å². The van der Waals surface area contributed by atoms with E-state index in [1.807, 2.05) is 19.1 Å². The lowest BCUT2D eigenvalue weighted by Crippen LogP contribution is -2.22. The molecule has 2 aromatic rings. The Hall–Kier alpha value is -3.14. The van der Waals surface area contributed by atoms with Gasteiger partial charge in [-0.1, -0.05) is 30.2 Å². The summed E-state index contributed by atoms with van der Waals surface area (Å²) in [4.78, 5) is 23.6. The summed E-state index contributed by atoms with van der Waals surface area (Å²) in [7, 11) is 3.41. The van der Waals surface area contributed by atoms with Crippen molar-refractivity contribution in [1.29, 1.82) is 0 Å². The zero-order valence-corrected chi connectivity index (χ0v) is 21.9. The molecule has 0 spiro atoms. The lowest BCUT2D eigenvalue weighted by atomic mass is 9.71. The van der Waals surface area contributed by atoms with Crippen LogP contribution < -0.4 is 9.47 Å². The van der Waals surface area contributed by atoms with E-state index < -0.39 is 0 Å². The van der Waals surface area contributed by atoms with Gasteiger partial charge in [0.1, 0.15) is 17.3 Å². The number of allylic oxidation sites excluding steroid dienone is 4. The molecular weight excluding hydrogens is 448 g/mol. The first kappa shape index (κ1) is 24.5. The van der Waals surface area contributed by atoms with Crippen molar-refractivity contribution in [3.63, 3.8) is 0 Å². The summed E-state index contributed by atoms with van der Waals surface area (Å²) in [5, 5.41) is 0. The minimum atomic E-state index is 0.129. The minimum absolute atomic E-state index is 0.129. The van der Waals surface area contributed by atoms with Gasteiger partial charge in [-0.25, -0.2) is 0 Å². The number of benzene rings is 2. The molecule has 6 rings (SSSR count). The van der Waals surface area contributed by atoms with Crippen LogP contribution in [0.4, 0.5) is 0 Å². The average molecular weight is 485 g/mol. The van der Waals surface area contributed by atoms with Gasteiger partial charge in [-0.05, 0) is 103 Å². The number of aryl methyl sites for hydroxylation is 2. The molecule has 0 radical (unpaired) electrons. The molecule has 36 heavy (non-hydrogen) atoms. The molecule has 0 saturated heterocycles. The zero-order valence-electron chi connectivity index (χ0n) is 21.9. The van der Waals surface area contributed by atoms with Gasteiger partial charge >= 0.3 is 0 Å². The zero-order chi connectivity index (χ0) is 25.4. The van der Waals surface area contributed by atoms with Crippen molar-refractivity contribution in [1.82, 2.24) is 0 Å². The maximum Gasteiger partial charge on any atom is 0.158 e. The van der Waals surface area contributed by atoms with Crippen LogP contribution >= 0.6 is 0 Å². The van der Waals surface area contributed by atoms with Crippen LogP contribution in [-0.2, 0) is 22.4 Å². The summed E-state index contributed by atoms with van der Waals surface area (Å²) >= 11 is 0. The molecule has 0 aromatic heterocycles. The highest BCUT2D eigenvalue weighted by molar-refractivity contribution is 5.97. The van der Waals surface area contributed by atoms with Gasteiger partial charge in [0.2, 0.25) is 0 Å². The van der Waals surface area contributed by atoms with Crippen LogP contribution in [0.25, 0.3) is 5.57 Å². The van der Waals surface area contributed by atoms with Crippen LogP contribution in [0.1, 0.15) is 80.5 Å². The first-order chi connectivity index (χ1) is 17.4. The molecule has 0 heterocycles. The van der Waals surface area contributed by atoms with Gasteiger partial charge in [0, 0.05) is 24.7 Å². The lowest BCUT2D eigenvalue weighted by Gasteiger charge is -2.33. The van der Waals surface area contributed by atoms with E-state index in [4.69, 9.17) is 9.47 Å². The van der Waals surface area contributed by atoms with Crippen LogP contribution in [0.3, 0.4) is 0 Å².